The van der Waals surface area contributed by atoms with E-state index in [2.05, 4.69) is 10.1 Å². The minimum Gasteiger partial charge on any atom is -0.391 e. The summed E-state index contributed by atoms with van der Waals surface area (Å²) in [4.78, 5) is 7.38. The number of halogens is 2. The highest BCUT2D eigenvalue weighted by Crippen LogP contribution is 2.41. The third kappa shape index (κ3) is 3.20. The molecule has 0 radical (unpaired) electrons. The fraction of sp³-hybridized carbons (Fsp3) is 0.294. The van der Waals surface area contributed by atoms with Gasteiger partial charge in [-0.15, -0.1) is 11.3 Å². The molecular formula is C17H15Cl2N3O2S. The van der Waals surface area contributed by atoms with Gasteiger partial charge in [0, 0.05) is 16.5 Å². The molecule has 0 amide bonds. The molecule has 5 nitrogen and oxygen atoms in total. The van der Waals surface area contributed by atoms with E-state index in [1.54, 1.807) is 17.4 Å². The molecule has 1 aliphatic carbocycles. The molecule has 3 aromatic rings. The Morgan fingerprint density at radius 1 is 1.40 bits per heavy atom. The molecule has 25 heavy (non-hydrogen) atoms. The molecule has 2 aromatic heterocycles. The summed E-state index contributed by atoms with van der Waals surface area (Å²) in [6.07, 6.45) is -0.0550. The van der Waals surface area contributed by atoms with E-state index >= 15 is 0 Å². The predicted octanol–water partition coefficient (Wildman–Crippen LogP) is 4.20. The quantitative estimate of drug-likeness (QED) is 0.717. The maximum Gasteiger partial charge on any atom is 0.241 e. The molecular weight excluding hydrogens is 381 g/mol. The Bertz CT molecular complexity index is 897. The number of rotatable bonds is 4. The van der Waals surface area contributed by atoms with Crippen molar-refractivity contribution in [2.24, 2.45) is 0 Å². The predicted molar refractivity (Wildman–Crippen MR) is 98.0 cm³/mol. The molecule has 0 unspecified atom stereocenters. The van der Waals surface area contributed by atoms with Crippen LogP contribution >= 0.6 is 34.5 Å². The first-order valence-corrected chi connectivity index (χ1v) is 9.39. The zero-order valence-corrected chi connectivity index (χ0v) is 15.6. The number of aliphatic hydroxyl groups excluding tert-OH is 1. The smallest absolute Gasteiger partial charge is 0.241 e. The molecule has 0 saturated carbocycles. The summed E-state index contributed by atoms with van der Waals surface area (Å²) in [7, 11) is 1.91. The Labute approximate surface area is 158 Å². The average molecular weight is 396 g/mol. The summed E-state index contributed by atoms with van der Waals surface area (Å²) in [6, 6.07) is 7.25. The van der Waals surface area contributed by atoms with Crippen molar-refractivity contribution in [2.45, 2.75) is 25.1 Å². The van der Waals surface area contributed by atoms with Crippen molar-refractivity contribution in [1.29, 1.82) is 0 Å². The minimum atomic E-state index is -0.560. The number of nitrogens with zero attached hydrogens (tertiary/aromatic N) is 3. The lowest BCUT2D eigenvalue weighted by molar-refractivity contribution is 0.0667. The van der Waals surface area contributed by atoms with Crippen molar-refractivity contribution in [3.05, 3.63) is 56.7 Å². The molecule has 0 bridgehead atoms. The highest BCUT2D eigenvalue weighted by Gasteiger charge is 2.36. The van der Waals surface area contributed by atoms with Crippen LogP contribution in [0, 0.1) is 0 Å². The van der Waals surface area contributed by atoms with Gasteiger partial charge in [0.05, 0.1) is 23.6 Å². The van der Waals surface area contributed by atoms with E-state index in [0.717, 1.165) is 16.0 Å². The van der Waals surface area contributed by atoms with Crippen molar-refractivity contribution in [3.63, 3.8) is 0 Å². The van der Waals surface area contributed by atoms with Gasteiger partial charge in [0.25, 0.3) is 0 Å². The molecule has 2 heterocycles. The van der Waals surface area contributed by atoms with Crippen molar-refractivity contribution in [2.75, 3.05) is 7.05 Å². The lowest BCUT2D eigenvalue weighted by atomic mass is 10.1. The number of aromatic nitrogens is 2. The number of likely N-dealkylation sites (N-methyl/N-ethyl adjacent to an activating group) is 1. The molecule has 1 aliphatic rings. The topological polar surface area (TPSA) is 62.4 Å². The van der Waals surface area contributed by atoms with Gasteiger partial charge in [0.1, 0.15) is 0 Å². The molecule has 0 saturated heterocycles. The van der Waals surface area contributed by atoms with Gasteiger partial charge in [-0.05, 0) is 41.8 Å². The lowest BCUT2D eigenvalue weighted by Gasteiger charge is -2.26. The Morgan fingerprint density at radius 3 is 3.00 bits per heavy atom. The number of aliphatic hydroxyl groups is 1. The maximum atomic E-state index is 10.5. The summed E-state index contributed by atoms with van der Waals surface area (Å²) < 4.78 is 5.36. The van der Waals surface area contributed by atoms with Gasteiger partial charge >= 0.3 is 0 Å². The van der Waals surface area contributed by atoms with E-state index in [9.17, 15) is 5.11 Å². The number of benzene rings is 1. The maximum absolute atomic E-state index is 10.5. The number of thiophene rings is 1. The van der Waals surface area contributed by atoms with E-state index in [-0.39, 0.29) is 6.04 Å². The van der Waals surface area contributed by atoms with Crippen LogP contribution in [0.4, 0.5) is 0 Å². The van der Waals surface area contributed by atoms with E-state index in [1.807, 2.05) is 35.5 Å². The molecule has 4 rings (SSSR count). The minimum absolute atomic E-state index is 0.219. The largest absolute Gasteiger partial charge is 0.391 e. The molecule has 0 fully saturated rings. The first-order chi connectivity index (χ1) is 12.0. The molecule has 0 spiro atoms. The number of hydrogen-bond acceptors (Lipinski definition) is 6. The van der Waals surface area contributed by atoms with Gasteiger partial charge in [0.15, 0.2) is 0 Å². The van der Waals surface area contributed by atoms with Crippen LogP contribution in [-0.4, -0.2) is 33.3 Å². The van der Waals surface area contributed by atoms with Crippen LogP contribution in [0.15, 0.2) is 34.2 Å². The van der Waals surface area contributed by atoms with Crippen molar-refractivity contribution in [3.8, 4) is 10.7 Å². The molecule has 130 valence electrons. The van der Waals surface area contributed by atoms with Gasteiger partial charge in [-0.1, -0.05) is 34.4 Å². The van der Waals surface area contributed by atoms with Crippen LogP contribution in [0.25, 0.3) is 10.7 Å². The zero-order chi connectivity index (χ0) is 17.6. The van der Waals surface area contributed by atoms with Gasteiger partial charge < -0.3 is 9.63 Å². The molecule has 2 atom stereocenters. The summed E-state index contributed by atoms with van der Waals surface area (Å²) in [5.74, 6) is 1.08. The first-order valence-electron chi connectivity index (χ1n) is 7.75. The Balaban J connectivity index is 1.57. The van der Waals surface area contributed by atoms with Crippen LogP contribution in [0.1, 0.15) is 23.1 Å². The summed E-state index contributed by atoms with van der Waals surface area (Å²) in [6.45, 7) is 0.420. The highest BCUT2D eigenvalue weighted by atomic mass is 35.5. The molecule has 1 aromatic carbocycles. The molecule has 0 aliphatic heterocycles. The number of hydrogen-bond donors (Lipinski definition) is 1. The van der Waals surface area contributed by atoms with E-state index in [4.69, 9.17) is 27.7 Å². The standard InChI is InChI=1S/C17H15Cl2N3O2S/c1-22(8-15-20-17(21-24-15)14-3-2-4-25-14)16-11-5-9(18)6-12(19)10(11)7-13(16)23/h2-6,13,16,23H,7-8H2,1H3/t13-,16-/m1/s1. The Kier molecular flexibility index (Phi) is 4.56. The van der Waals surface area contributed by atoms with Gasteiger partial charge in [0.2, 0.25) is 11.7 Å². The number of fused-ring (bicyclic) bond motifs is 1. The summed E-state index contributed by atoms with van der Waals surface area (Å²) in [5, 5.41) is 17.7. The first kappa shape index (κ1) is 17.0. The monoisotopic (exact) mass is 395 g/mol. The summed E-state index contributed by atoms with van der Waals surface area (Å²) >= 11 is 14.0. The van der Waals surface area contributed by atoms with Gasteiger partial charge in [-0.2, -0.15) is 4.98 Å². The van der Waals surface area contributed by atoms with Crippen LogP contribution in [0.3, 0.4) is 0 Å². The Morgan fingerprint density at radius 2 is 2.24 bits per heavy atom. The second-order valence-corrected chi connectivity index (χ2v) is 7.87. The second-order valence-electron chi connectivity index (χ2n) is 6.08. The molecule has 8 heteroatoms. The summed E-state index contributed by atoms with van der Waals surface area (Å²) in [5.41, 5.74) is 1.89. The zero-order valence-electron chi connectivity index (χ0n) is 13.3. The van der Waals surface area contributed by atoms with Crippen molar-refractivity contribution in [1.82, 2.24) is 15.0 Å². The van der Waals surface area contributed by atoms with Crippen LogP contribution in [0.2, 0.25) is 10.0 Å². The third-order valence-corrected chi connectivity index (χ3v) is 5.78. The Hall–Kier alpha value is -1.44. The van der Waals surface area contributed by atoms with Crippen LogP contribution < -0.4 is 0 Å². The van der Waals surface area contributed by atoms with E-state index in [1.165, 1.54) is 0 Å². The van der Waals surface area contributed by atoms with Crippen molar-refractivity contribution < 1.29 is 9.63 Å². The molecule has 1 N–H and O–H groups in total. The van der Waals surface area contributed by atoms with E-state index in [0.29, 0.717) is 34.7 Å². The fourth-order valence-corrected chi connectivity index (χ4v) is 4.53. The fourth-order valence-electron chi connectivity index (χ4n) is 3.30. The normalized spacial score (nSPS) is 19.6. The average Bonchev–Trinajstić information content (AvgIpc) is 3.25. The third-order valence-electron chi connectivity index (χ3n) is 4.36. The van der Waals surface area contributed by atoms with Crippen molar-refractivity contribution >= 4 is 34.5 Å². The highest BCUT2D eigenvalue weighted by molar-refractivity contribution is 7.13. The van der Waals surface area contributed by atoms with Gasteiger partial charge in [-0.3, -0.25) is 4.90 Å². The lowest BCUT2D eigenvalue weighted by Crippen LogP contribution is -2.30. The van der Waals surface area contributed by atoms with E-state index < -0.39 is 6.10 Å². The van der Waals surface area contributed by atoms with Crippen LogP contribution in [0.5, 0.6) is 0 Å². The SMILES string of the molecule is CN(Cc1nc(-c2cccs2)no1)[C@@H]1c2cc(Cl)cc(Cl)c2C[C@H]1O. The van der Waals surface area contributed by atoms with Gasteiger partial charge in [-0.25, -0.2) is 0 Å². The van der Waals surface area contributed by atoms with Crippen LogP contribution in [-0.2, 0) is 13.0 Å². The second kappa shape index (κ2) is 6.70.